The quantitative estimate of drug-likeness (QED) is 0.697. The van der Waals surface area contributed by atoms with E-state index >= 15 is 0 Å². The van der Waals surface area contributed by atoms with Gasteiger partial charge in [-0.15, -0.1) is 0 Å². The van der Waals surface area contributed by atoms with Gasteiger partial charge in [-0.1, -0.05) is 11.6 Å². The summed E-state index contributed by atoms with van der Waals surface area (Å²) in [5, 5.41) is 4.07. The van der Waals surface area contributed by atoms with Crippen molar-refractivity contribution in [2.45, 2.75) is 52.1 Å². The summed E-state index contributed by atoms with van der Waals surface area (Å²) in [7, 11) is 0. The van der Waals surface area contributed by atoms with Crippen molar-refractivity contribution in [3.05, 3.63) is 45.9 Å². The van der Waals surface area contributed by atoms with Crippen molar-refractivity contribution in [1.29, 1.82) is 0 Å². The third kappa shape index (κ3) is 3.48. The summed E-state index contributed by atoms with van der Waals surface area (Å²) in [6.45, 7) is 8.84. The molecule has 0 saturated carbocycles. The summed E-state index contributed by atoms with van der Waals surface area (Å²) < 4.78 is 6.96. The van der Waals surface area contributed by atoms with Crippen LogP contribution in [0.3, 0.4) is 0 Å². The number of rotatable bonds is 1. The van der Waals surface area contributed by atoms with E-state index in [1.165, 1.54) is 4.52 Å². The monoisotopic (exact) mass is 382 g/mol. The molecular weight excluding hydrogens is 356 g/mol. The van der Waals surface area contributed by atoms with Crippen LogP contribution in [0.4, 0.5) is 4.79 Å². The van der Waals surface area contributed by atoms with Gasteiger partial charge in [-0.3, -0.25) is 9.89 Å². The van der Waals surface area contributed by atoms with E-state index in [1.807, 2.05) is 45.9 Å². The number of carbonyl (C=O) groups is 1. The van der Waals surface area contributed by atoms with Crippen LogP contribution in [0.15, 0.2) is 29.1 Å². The highest BCUT2D eigenvalue weighted by Crippen LogP contribution is 2.28. The van der Waals surface area contributed by atoms with E-state index in [2.05, 4.69) is 5.10 Å². The maximum absolute atomic E-state index is 12.6. The molecule has 0 radical (unpaired) electrons. The van der Waals surface area contributed by atoms with Crippen LogP contribution < -0.4 is 5.56 Å². The Balaban J connectivity index is 1.59. The first-order chi connectivity index (χ1) is 13.2. The molecule has 1 aromatic carbocycles. The number of aryl methyl sites for hydroxylation is 1. The van der Waals surface area contributed by atoms with Gasteiger partial charge in [0.15, 0.2) is 5.65 Å². The third-order valence-electron chi connectivity index (χ3n) is 5.15. The zero-order valence-electron chi connectivity index (χ0n) is 16.8. The Morgan fingerprint density at radius 1 is 1.21 bits per heavy atom. The maximum Gasteiger partial charge on any atom is 0.410 e. The van der Waals surface area contributed by atoms with Crippen LogP contribution in [-0.4, -0.2) is 44.3 Å². The number of hydrogen-bond acceptors (Lipinski definition) is 4. The zero-order valence-corrected chi connectivity index (χ0v) is 16.8. The topological polar surface area (TPSA) is 79.7 Å². The molecule has 1 saturated heterocycles. The van der Waals surface area contributed by atoms with Crippen LogP contribution in [-0.2, 0) is 4.74 Å². The molecule has 1 fully saturated rings. The van der Waals surface area contributed by atoms with Gasteiger partial charge in [0.1, 0.15) is 5.60 Å². The number of piperidine rings is 1. The molecule has 7 nitrogen and oxygen atoms in total. The summed E-state index contributed by atoms with van der Waals surface area (Å²) >= 11 is 0. The molecule has 1 aliphatic rings. The number of benzene rings is 1. The first-order valence-corrected chi connectivity index (χ1v) is 9.71. The summed E-state index contributed by atoms with van der Waals surface area (Å²) in [6, 6.07) is 7.64. The molecule has 2 aromatic heterocycles. The Bertz CT molecular complexity index is 1100. The Kier molecular flexibility index (Phi) is 4.40. The predicted octanol–water partition coefficient (Wildman–Crippen LogP) is 3.60. The van der Waals surface area contributed by atoms with Crippen molar-refractivity contribution in [3.63, 3.8) is 0 Å². The standard InChI is InChI=1S/C21H26N4O3/c1-13-5-6-16-15(11-13)19-22-17(12-18(26)25(19)23-16)14-7-9-24(10-8-14)20(27)28-21(2,3)4/h5-6,11-12,14,23H,7-10H2,1-4H3. The van der Waals surface area contributed by atoms with Crippen molar-refractivity contribution in [2.75, 3.05) is 13.1 Å². The fourth-order valence-electron chi connectivity index (χ4n) is 3.74. The molecule has 3 heterocycles. The Hall–Kier alpha value is -2.83. The van der Waals surface area contributed by atoms with Crippen LogP contribution in [0.25, 0.3) is 16.6 Å². The Labute approximate surface area is 163 Å². The van der Waals surface area contributed by atoms with Crippen LogP contribution >= 0.6 is 0 Å². The smallest absolute Gasteiger partial charge is 0.410 e. The summed E-state index contributed by atoms with van der Waals surface area (Å²) in [5.41, 5.74) is 2.88. The molecule has 4 rings (SSSR count). The van der Waals surface area contributed by atoms with Crippen molar-refractivity contribution in [3.8, 4) is 0 Å². The van der Waals surface area contributed by atoms with Gasteiger partial charge in [0.25, 0.3) is 5.56 Å². The van der Waals surface area contributed by atoms with Gasteiger partial charge in [-0.25, -0.2) is 14.3 Å². The van der Waals surface area contributed by atoms with E-state index < -0.39 is 5.60 Å². The highest BCUT2D eigenvalue weighted by molar-refractivity contribution is 5.92. The van der Waals surface area contributed by atoms with Gasteiger partial charge in [-0.2, -0.15) is 0 Å². The van der Waals surface area contributed by atoms with Crippen LogP contribution in [0.1, 0.15) is 50.8 Å². The predicted molar refractivity (Wildman–Crippen MR) is 108 cm³/mol. The largest absolute Gasteiger partial charge is 0.444 e. The molecule has 148 valence electrons. The number of H-pyrrole nitrogens is 1. The maximum atomic E-state index is 12.6. The molecule has 1 N–H and O–H groups in total. The van der Waals surface area contributed by atoms with Crippen molar-refractivity contribution < 1.29 is 9.53 Å². The molecule has 0 unspecified atom stereocenters. The number of hydrogen-bond donors (Lipinski definition) is 1. The van der Waals surface area contributed by atoms with Gasteiger partial charge >= 0.3 is 6.09 Å². The average Bonchev–Trinajstić information content (AvgIpc) is 2.99. The minimum Gasteiger partial charge on any atom is -0.444 e. The molecule has 28 heavy (non-hydrogen) atoms. The average molecular weight is 382 g/mol. The second-order valence-electron chi connectivity index (χ2n) is 8.58. The van der Waals surface area contributed by atoms with Gasteiger partial charge in [-0.05, 0) is 52.7 Å². The van der Waals surface area contributed by atoms with E-state index in [9.17, 15) is 9.59 Å². The molecule has 3 aromatic rings. The first kappa shape index (κ1) is 18.5. The van der Waals surface area contributed by atoms with E-state index in [1.54, 1.807) is 11.0 Å². The fraction of sp³-hybridized carbons (Fsp3) is 0.476. The molecule has 1 aliphatic heterocycles. The molecule has 7 heteroatoms. The summed E-state index contributed by atoms with van der Waals surface area (Å²) in [6.07, 6.45) is 1.26. The van der Waals surface area contributed by atoms with Gasteiger partial charge in [0.05, 0.1) is 11.2 Å². The highest BCUT2D eigenvalue weighted by Gasteiger charge is 2.28. The lowest BCUT2D eigenvalue weighted by Gasteiger charge is -2.33. The number of fused-ring (bicyclic) bond motifs is 3. The fourth-order valence-corrected chi connectivity index (χ4v) is 3.74. The minimum absolute atomic E-state index is 0.108. The third-order valence-corrected chi connectivity index (χ3v) is 5.15. The highest BCUT2D eigenvalue weighted by atomic mass is 16.6. The minimum atomic E-state index is -0.497. The molecular formula is C21H26N4O3. The van der Waals surface area contributed by atoms with E-state index in [-0.39, 0.29) is 17.6 Å². The molecule has 0 atom stereocenters. The van der Waals surface area contributed by atoms with E-state index in [0.29, 0.717) is 18.7 Å². The summed E-state index contributed by atoms with van der Waals surface area (Å²) in [5.74, 6) is 0.158. The number of amides is 1. The van der Waals surface area contributed by atoms with Crippen LogP contribution in [0.5, 0.6) is 0 Å². The number of nitrogens with zero attached hydrogens (tertiary/aromatic N) is 3. The number of aromatic nitrogens is 3. The van der Waals surface area contributed by atoms with Crippen molar-refractivity contribution in [2.24, 2.45) is 0 Å². The zero-order chi connectivity index (χ0) is 20.1. The molecule has 1 amide bonds. The lowest BCUT2D eigenvalue weighted by atomic mass is 9.93. The second kappa shape index (κ2) is 6.65. The normalized spacial score (nSPS) is 16.1. The van der Waals surface area contributed by atoms with Crippen molar-refractivity contribution >= 4 is 22.6 Å². The summed E-state index contributed by atoms with van der Waals surface area (Å²) in [4.78, 5) is 31.4. The van der Waals surface area contributed by atoms with E-state index in [0.717, 1.165) is 35.0 Å². The first-order valence-electron chi connectivity index (χ1n) is 9.71. The van der Waals surface area contributed by atoms with Gasteiger partial charge in [0.2, 0.25) is 0 Å². The number of likely N-dealkylation sites (tertiary alicyclic amines) is 1. The van der Waals surface area contributed by atoms with Crippen LogP contribution in [0.2, 0.25) is 0 Å². The van der Waals surface area contributed by atoms with E-state index in [4.69, 9.17) is 9.72 Å². The Morgan fingerprint density at radius 2 is 1.93 bits per heavy atom. The van der Waals surface area contributed by atoms with Gasteiger partial charge in [0, 0.05) is 30.5 Å². The lowest BCUT2D eigenvalue weighted by molar-refractivity contribution is 0.0204. The SMILES string of the molecule is Cc1ccc2[nH]n3c(=O)cc(C4CCN(C(=O)OC(C)(C)C)CC4)nc3c2c1. The molecule has 0 spiro atoms. The van der Waals surface area contributed by atoms with Crippen LogP contribution in [0, 0.1) is 6.92 Å². The second-order valence-corrected chi connectivity index (χ2v) is 8.58. The number of carbonyl (C=O) groups excluding carboxylic acids is 1. The Morgan fingerprint density at radius 3 is 2.61 bits per heavy atom. The van der Waals surface area contributed by atoms with Gasteiger partial charge < -0.3 is 9.64 Å². The number of aromatic amines is 1. The molecule has 0 bridgehead atoms. The molecule has 0 aliphatic carbocycles. The number of nitrogens with one attached hydrogen (secondary N) is 1. The van der Waals surface area contributed by atoms with Crippen molar-refractivity contribution in [1.82, 2.24) is 19.5 Å². The number of ether oxygens (including phenoxy) is 1. The lowest BCUT2D eigenvalue weighted by Crippen LogP contribution is -2.41.